The number of hydrogen-bond acceptors (Lipinski definition) is 4. The molecule has 2 aromatic rings. The first-order chi connectivity index (χ1) is 10.5. The lowest BCUT2D eigenvalue weighted by Gasteiger charge is -2.20. The fraction of sp³-hybridized carbons (Fsp3) is 0.294. The lowest BCUT2D eigenvalue weighted by atomic mass is 9.82. The number of halogens is 1. The standard InChI is InChI=1S/C17H15FO4/c1-9-15-13(19)7-11(10-3-5-12(18)6-4-10)8-14(15)22-16(9)17(20)21-2/h3-6,11H,7-8H2,1-2H3. The number of fused-ring (bicyclic) bond motifs is 1. The molecule has 0 saturated heterocycles. The normalized spacial score (nSPS) is 17.2. The summed E-state index contributed by atoms with van der Waals surface area (Å²) in [5.41, 5.74) is 1.90. The van der Waals surface area contributed by atoms with Crippen LogP contribution >= 0.6 is 0 Å². The van der Waals surface area contributed by atoms with E-state index in [-0.39, 0.29) is 23.3 Å². The number of carbonyl (C=O) groups is 2. The van der Waals surface area contributed by atoms with Crippen LogP contribution in [0.3, 0.4) is 0 Å². The van der Waals surface area contributed by atoms with Crippen molar-refractivity contribution in [3.05, 3.63) is 58.3 Å². The van der Waals surface area contributed by atoms with E-state index in [1.54, 1.807) is 19.1 Å². The number of furan rings is 1. The van der Waals surface area contributed by atoms with Crippen molar-refractivity contribution in [1.82, 2.24) is 0 Å². The minimum absolute atomic E-state index is 0.0630. The van der Waals surface area contributed by atoms with Gasteiger partial charge in [0, 0.05) is 18.4 Å². The molecule has 1 aliphatic rings. The van der Waals surface area contributed by atoms with Crippen LogP contribution in [0.5, 0.6) is 0 Å². The Bertz CT molecular complexity index is 743. The van der Waals surface area contributed by atoms with Gasteiger partial charge in [0.25, 0.3) is 0 Å². The Morgan fingerprint density at radius 2 is 1.95 bits per heavy atom. The third kappa shape index (κ3) is 2.32. The van der Waals surface area contributed by atoms with Crippen molar-refractivity contribution in [3.8, 4) is 0 Å². The van der Waals surface area contributed by atoms with Crippen LogP contribution < -0.4 is 0 Å². The summed E-state index contributed by atoms with van der Waals surface area (Å²) in [6.45, 7) is 1.69. The number of ether oxygens (including phenoxy) is 1. The van der Waals surface area contributed by atoms with Gasteiger partial charge < -0.3 is 9.15 Å². The van der Waals surface area contributed by atoms with Gasteiger partial charge in [0.2, 0.25) is 5.76 Å². The van der Waals surface area contributed by atoms with Gasteiger partial charge in [0.05, 0.1) is 12.7 Å². The molecular formula is C17H15FO4. The van der Waals surface area contributed by atoms with E-state index >= 15 is 0 Å². The largest absolute Gasteiger partial charge is 0.463 e. The Hall–Kier alpha value is -2.43. The molecule has 114 valence electrons. The fourth-order valence-electron chi connectivity index (χ4n) is 2.96. The lowest BCUT2D eigenvalue weighted by molar-refractivity contribution is 0.0561. The van der Waals surface area contributed by atoms with Crippen LogP contribution in [0.25, 0.3) is 0 Å². The molecule has 1 atom stereocenters. The number of benzene rings is 1. The second kappa shape index (κ2) is 5.40. The summed E-state index contributed by atoms with van der Waals surface area (Å²) in [4.78, 5) is 24.1. The van der Waals surface area contributed by atoms with Gasteiger partial charge in [0.15, 0.2) is 5.78 Å². The molecule has 0 N–H and O–H groups in total. The summed E-state index contributed by atoms with van der Waals surface area (Å²) in [5.74, 6) is -0.445. The van der Waals surface area contributed by atoms with Gasteiger partial charge in [-0.05, 0) is 30.5 Å². The molecular weight excluding hydrogens is 287 g/mol. The van der Waals surface area contributed by atoms with Crippen molar-refractivity contribution in [1.29, 1.82) is 0 Å². The van der Waals surface area contributed by atoms with Gasteiger partial charge in [-0.1, -0.05) is 12.1 Å². The van der Waals surface area contributed by atoms with E-state index in [1.807, 2.05) is 0 Å². The molecule has 0 bridgehead atoms. The maximum absolute atomic E-state index is 13.0. The Morgan fingerprint density at radius 1 is 1.27 bits per heavy atom. The number of carbonyl (C=O) groups excluding carboxylic acids is 2. The molecule has 0 radical (unpaired) electrons. The van der Waals surface area contributed by atoms with Crippen molar-refractivity contribution >= 4 is 11.8 Å². The Morgan fingerprint density at radius 3 is 2.59 bits per heavy atom. The second-order valence-corrected chi connectivity index (χ2v) is 5.43. The highest BCUT2D eigenvalue weighted by Gasteiger charge is 2.34. The fourth-order valence-corrected chi connectivity index (χ4v) is 2.96. The molecule has 0 fully saturated rings. The second-order valence-electron chi connectivity index (χ2n) is 5.43. The van der Waals surface area contributed by atoms with Crippen molar-refractivity contribution in [2.75, 3.05) is 7.11 Å². The van der Waals surface area contributed by atoms with Gasteiger partial charge in [-0.15, -0.1) is 0 Å². The molecule has 1 aromatic heterocycles. The Balaban J connectivity index is 1.97. The first-order valence-corrected chi connectivity index (χ1v) is 7.00. The van der Waals surface area contributed by atoms with E-state index in [4.69, 9.17) is 4.42 Å². The molecule has 0 saturated carbocycles. The van der Waals surface area contributed by atoms with Crippen molar-refractivity contribution in [2.24, 2.45) is 0 Å². The number of methoxy groups -OCH3 is 1. The summed E-state index contributed by atoms with van der Waals surface area (Å²) in [5, 5.41) is 0. The SMILES string of the molecule is COC(=O)c1oc2c(c1C)C(=O)CC(c1ccc(F)cc1)C2. The van der Waals surface area contributed by atoms with E-state index in [1.165, 1.54) is 19.2 Å². The Labute approximate surface area is 126 Å². The maximum atomic E-state index is 13.0. The number of ketones is 1. The first-order valence-electron chi connectivity index (χ1n) is 7.00. The third-order valence-electron chi connectivity index (χ3n) is 4.07. The average Bonchev–Trinajstić information content (AvgIpc) is 2.84. The van der Waals surface area contributed by atoms with Gasteiger partial charge in [-0.3, -0.25) is 4.79 Å². The molecule has 0 spiro atoms. The van der Waals surface area contributed by atoms with Crippen molar-refractivity contribution in [3.63, 3.8) is 0 Å². The highest BCUT2D eigenvalue weighted by atomic mass is 19.1. The zero-order valence-corrected chi connectivity index (χ0v) is 12.3. The number of esters is 1. The summed E-state index contributed by atoms with van der Waals surface area (Å²) in [6, 6.07) is 6.11. The minimum Gasteiger partial charge on any atom is -0.463 e. The van der Waals surface area contributed by atoms with Gasteiger partial charge in [-0.25, -0.2) is 9.18 Å². The molecule has 0 amide bonds. The van der Waals surface area contributed by atoms with E-state index < -0.39 is 5.97 Å². The van der Waals surface area contributed by atoms with E-state index in [2.05, 4.69) is 4.74 Å². The molecule has 4 nitrogen and oxygen atoms in total. The summed E-state index contributed by atoms with van der Waals surface area (Å²) in [6.07, 6.45) is 0.824. The summed E-state index contributed by atoms with van der Waals surface area (Å²) >= 11 is 0. The van der Waals surface area contributed by atoms with E-state index in [9.17, 15) is 14.0 Å². The molecule has 5 heteroatoms. The van der Waals surface area contributed by atoms with Crippen molar-refractivity contribution in [2.45, 2.75) is 25.7 Å². The maximum Gasteiger partial charge on any atom is 0.374 e. The van der Waals surface area contributed by atoms with Crippen LogP contribution in [0, 0.1) is 12.7 Å². The molecule has 3 rings (SSSR count). The highest BCUT2D eigenvalue weighted by Crippen LogP contribution is 2.36. The molecule has 1 unspecified atom stereocenters. The quantitative estimate of drug-likeness (QED) is 0.798. The average molecular weight is 302 g/mol. The minimum atomic E-state index is -0.585. The zero-order chi connectivity index (χ0) is 15.9. The monoisotopic (exact) mass is 302 g/mol. The molecule has 1 aliphatic carbocycles. The predicted octanol–water partition coefficient (Wildman–Crippen LogP) is 3.43. The van der Waals surface area contributed by atoms with Crippen molar-refractivity contribution < 1.29 is 23.1 Å². The molecule has 1 heterocycles. The van der Waals surface area contributed by atoms with Crippen LogP contribution in [0.4, 0.5) is 4.39 Å². The molecule has 1 aromatic carbocycles. The van der Waals surface area contributed by atoms with Crippen LogP contribution in [-0.2, 0) is 11.2 Å². The van der Waals surface area contributed by atoms with Crippen LogP contribution in [0.15, 0.2) is 28.7 Å². The third-order valence-corrected chi connectivity index (χ3v) is 4.07. The highest BCUT2D eigenvalue weighted by molar-refractivity contribution is 6.03. The predicted molar refractivity (Wildman–Crippen MR) is 76.6 cm³/mol. The first kappa shape index (κ1) is 14.5. The van der Waals surface area contributed by atoms with Crippen LogP contribution in [0.2, 0.25) is 0 Å². The summed E-state index contributed by atoms with van der Waals surface area (Å²) < 4.78 is 23.3. The van der Waals surface area contributed by atoms with Gasteiger partial charge in [-0.2, -0.15) is 0 Å². The van der Waals surface area contributed by atoms with Crippen LogP contribution in [0.1, 0.15) is 50.1 Å². The van der Waals surface area contributed by atoms with E-state index in [0.29, 0.717) is 29.7 Å². The molecule has 0 aliphatic heterocycles. The van der Waals surface area contributed by atoms with Gasteiger partial charge in [0.1, 0.15) is 11.6 Å². The summed E-state index contributed by atoms with van der Waals surface area (Å²) in [7, 11) is 1.27. The number of Topliss-reactive ketones (excluding diaryl/α,β-unsaturated/α-hetero) is 1. The topological polar surface area (TPSA) is 56.5 Å². The zero-order valence-electron chi connectivity index (χ0n) is 12.3. The number of hydrogen-bond donors (Lipinski definition) is 0. The lowest BCUT2D eigenvalue weighted by Crippen LogP contribution is -2.18. The molecule has 22 heavy (non-hydrogen) atoms. The number of rotatable bonds is 2. The smallest absolute Gasteiger partial charge is 0.374 e. The van der Waals surface area contributed by atoms with Crippen LogP contribution in [-0.4, -0.2) is 18.9 Å². The Kier molecular flexibility index (Phi) is 3.56. The van der Waals surface area contributed by atoms with Gasteiger partial charge >= 0.3 is 5.97 Å². The van der Waals surface area contributed by atoms with E-state index in [0.717, 1.165) is 5.56 Å².